The van der Waals surface area contributed by atoms with Gasteiger partial charge in [-0.15, -0.1) is 0 Å². The maximum absolute atomic E-state index is 12.9. The Hall–Kier alpha value is -2.34. The largest absolute Gasteiger partial charge is 0.496 e. The molecule has 0 fully saturated rings. The van der Waals surface area contributed by atoms with E-state index in [1.165, 1.54) is 0 Å². The van der Waals surface area contributed by atoms with Crippen molar-refractivity contribution in [3.63, 3.8) is 0 Å². The van der Waals surface area contributed by atoms with Crippen LogP contribution in [-0.4, -0.2) is 21.3 Å². The fraction of sp³-hybridized carbons (Fsp3) is 0.350. The molecule has 0 saturated carbocycles. The van der Waals surface area contributed by atoms with E-state index in [0.29, 0.717) is 34.5 Å². The van der Waals surface area contributed by atoms with E-state index in [1.807, 2.05) is 13.8 Å². The molecule has 0 aromatic heterocycles. The second kappa shape index (κ2) is 7.91. The third kappa shape index (κ3) is 4.07. The predicted octanol–water partition coefficient (Wildman–Crippen LogP) is 4.40. The van der Waals surface area contributed by atoms with Gasteiger partial charge in [0.05, 0.1) is 12.0 Å². The van der Waals surface area contributed by atoms with Gasteiger partial charge in [-0.2, -0.15) is 0 Å². The number of aryl methyl sites for hydroxylation is 1. The summed E-state index contributed by atoms with van der Waals surface area (Å²) in [6.45, 7) is 7.30. The highest BCUT2D eigenvalue weighted by Gasteiger charge is 2.23. The van der Waals surface area contributed by atoms with Crippen molar-refractivity contribution in [2.75, 3.05) is 11.8 Å². The number of hydrogen-bond acceptors (Lipinski definition) is 4. The molecular weight excluding hydrogens is 350 g/mol. The third-order valence-electron chi connectivity index (χ3n) is 4.40. The average molecular weight is 375 g/mol. The Morgan fingerprint density at radius 2 is 1.69 bits per heavy atom. The molecule has 0 bridgehead atoms. The van der Waals surface area contributed by atoms with Gasteiger partial charge < -0.3 is 4.74 Å². The zero-order chi connectivity index (χ0) is 19.5. The highest BCUT2D eigenvalue weighted by molar-refractivity contribution is 7.92. The summed E-state index contributed by atoms with van der Waals surface area (Å²) in [5, 5.41) is 0. The Kier molecular flexibility index (Phi) is 6.08. The summed E-state index contributed by atoms with van der Waals surface area (Å²) >= 11 is 0. The number of benzene rings is 2. The van der Waals surface area contributed by atoms with Crippen LogP contribution in [-0.2, 0) is 10.0 Å². The van der Waals surface area contributed by atoms with Crippen molar-refractivity contribution >= 4 is 21.5 Å². The Morgan fingerprint density at radius 3 is 2.23 bits per heavy atom. The fourth-order valence-electron chi connectivity index (χ4n) is 2.95. The summed E-state index contributed by atoms with van der Waals surface area (Å²) in [7, 11) is -2.19. The lowest BCUT2D eigenvalue weighted by atomic mass is 10.1. The Bertz CT molecular complexity index is 916. The molecule has 1 N–H and O–H groups in total. The van der Waals surface area contributed by atoms with E-state index in [0.717, 1.165) is 12.0 Å². The summed E-state index contributed by atoms with van der Waals surface area (Å²) in [6, 6.07) is 8.25. The van der Waals surface area contributed by atoms with Gasteiger partial charge in [0, 0.05) is 17.7 Å². The molecule has 0 unspecified atom stereocenters. The maximum atomic E-state index is 12.9. The lowest BCUT2D eigenvalue weighted by Crippen LogP contribution is -2.16. The van der Waals surface area contributed by atoms with Crippen molar-refractivity contribution in [3.05, 3.63) is 52.6 Å². The molecule has 2 aromatic rings. The van der Waals surface area contributed by atoms with Crippen molar-refractivity contribution in [2.45, 2.75) is 45.4 Å². The van der Waals surface area contributed by atoms with Gasteiger partial charge in [0.2, 0.25) is 0 Å². The van der Waals surface area contributed by atoms with Crippen LogP contribution < -0.4 is 9.46 Å². The first-order valence-electron chi connectivity index (χ1n) is 8.52. The molecule has 0 amide bonds. The smallest absolute Gasteiger partial charge is 0.262 e. The second-order valence-electron chi connectivity index (χ2n) is 6.33. The molecule has 2 rings (SSSR count). The minimum atomic E-state index is -3.76. The Balaban J connectivity index is 2.35. The van der Waals surface area contributed by atoms with E-state index >= 15 is 0 Å². The highest BCUT2D eigenvalue weighted by Crippen LogP contribution is 2.31. The number of Topliss-reactive ketones (excluding diaryl/α,β-unsaturated/α-hetero) is 1. The monoisotopic (exact) mass is 375 g/mol. The number of carbonyl (C=O) groups is 1. The number of carbonyl (C=O) groups excluding carboxylic acids is 1. The maximum Gasteiger partial charge on any atom is 0.262 e. The summed E-state index contributed by atoms with van der Waals surface area (Å²) < 4.78 is 33.7. The van der Waals surface area contributed by atoms with E-state index < -0.39 is 10.0 Å². The van der Waals surface area contributed by atoms with Gasteiger partial charge in [0.15, 0.2) is 5.78 Å². The third-order valence-corrected chi connectivity index (χ3v) is 6.07. The first kappa shape index (κ1) is 20.0. The minimum absolute atomic E-state index is 0.0550. The van der Waals surface area contributed by atoms with Crippen LogP contribution >= 0.6 is 0 Å². The van der Waals surface area contributed by atoms with Crippen molar-refractivity contribution in [1.29, 1.82) is 0 Å². The van der Waals surface area contributed by atoms with Gasteiger partial charge in [-0.05, 0) is 74.2 Å². The van der Waals surface area contributed by atoms with E-state index in [9.17, 15) is 13.2 Å². The van der Waals surface area contributed by atoms with Gasteiger partial charge in [-0.3, -0.25) is 9.52 Å². The van der Waals surface area contributed by atoms with Crippen LogP contribution in [0.2, 0.25) is 0 Å². The average Bonchev–Trinajstić information content (AvgIpc) is 2.58. The molecule has 0 spiro atoms. The lowest BCUT2D eigenvalue weighted by molar-refractivity contribution is 0.0982. The van der Waals surface area contributed by atoms with Crippen LogP contribution in [0.5, 0.6) is 5.75 Å². The van der Waals surface area contributed by atoms with E-state index in [4.69, 9.17) is 4.74 Å². The van der Waals surface area contributed by atoms with Gasteiger partial charge in [-0.25, -0.2) is 8.42 Å². The van der Waals surface area contributed by atoms with Crippen LogP contribution in [0, 0.1) is 20.8 Å². The zero-order valence-electron chi connectivity index (χ0n) is 15.8. The summed E-state index contributed by atoms with van der Waals surface area (Å²) in [6.07, 6.45) is 1.26. The zero-order valence-corrected chi connectivity index (χ0v) is 16.7. The van der Waals surface area contributed by atoms with Crippen LogP contribution in [0.25, 0.3) is 0 Å². The normalized spacial score (nSPS) is 11.3. The molecule has 0 heterocycles. The van der Waals surface area contributed by atoms with Crippen molar-refractivity contribution < 1.29 is 17.9 Å². The van der Waals surface area contributed by atoms with Crippen LogP contribution in [0.1, 0.15) is 46.8 Å². The number of hydrogen-bond donors (Lipinski definition) is 1. The second-order valence-corrected chi connectivity index (χ2v) is 7.95. The van der Waals surface area contributed by atoms with Crippen LogP contribution in [0.15, 0.2) is 35.2 Å². The van der Waals surface area contributed by atoms with Gasteiger partial charge >= 0.3 is 0 Å². The standard InChI is InChI=1S/C20H25NO4S/c1-6-7-18(22)16-8-10-17(11-9-16)21-26(23,24)20-13(2)12-19(25-5)14(3)15(20)4/h8-12,21H,6-7H2,1-5H3. The van der Waals surface area contributed by atoms with E-state index in [1.54, 1.807) is 51.3 Å². The van der Waals surface area contributed by atoms with Crippen molar-refractivity contribution in [2.24, 2.45) is 0 Å². The van der Waals surface area contributed by atoms with Crippen molar-refractivity contribution in [1.82, 2.24) is 0 Å². The van der Waals surface area contributed by atoms with E-state index in [-0.39, 0.29) is 10.7 Å². The molecule has 26 heavy (non-hydrogen) atoms. The molecule has 6 heteroatoms. The van der Waals surface area contributed by atoms with Crippen LogP contribution in [0.3, 0.4) is 0 Å². The molecule has 0 atom stereocenters. The molecule has 2 aromatic carbocycles. The molecule has 0 aliphatic heterocycles. The van der Waals surface area contributed by atoms with Crippen molar-refractivity contribution in [3.8, 4) is 5.75 Å². The molecule has 0 saturated heterocycles. The summed E-state index contributed by atoms with van der Waals surface area (Å²) in [4.78, 5) is 12.2. The number of anilines is 1. The topological polar surface area (TPSA) is 72.5 Å². The molecule has 0 aliphatic carbocycles. The molecule has 5 nitrogen and oxygen atoms in total. The minimum Gasteiger partial charge on any atom is -0.496 e. The summed E-state index contributed by atoms with van der Waals surface area (Å²) in [5.74, 6) is 0.720. The number of methoxy groups -OCH3 is 1. The number of ether oxygens (including phenoxy) is 1. The number of ketones is 1. The number of sulfonamides is 1. The highest BCUT2D eigenvalue weighted by atomic mass is 32.2. The number of nitrogens with one attached hydrogen (secondary N) is 1. The van der Waals surface area contributed by atoms with Crippen LogP contribution in [0.4, 0.5) is 5.69 Å². The van der Waals surface area contributed by atoms with E-state index in [2.05, 4.69) is 4.72 Å². The Labute approximate surface area is 155 Å². The summed E-state index contributed by atoms with van der Waals surface area (Å²) in [5.41, 5.74) is 3.07. The van der Waals surface area contributed by atoms with Gasteiger partial charge in [-0.1, -0.05) is 6.92 Å². The molecular formula is C20H25NO4S. The van der Waals surface area contributed by atoms with Gasteiger partial charge in [0.1, 0.15) is 5.75 Å². The Morgan fingerprint density at radius 1 is 1.08 bits per heavy atom. The quantitative estimate of drug-likeness (QED) is 0.728. The fourth-order valence-corrected chi connectivity index (χ4v) is 4.54. The molecule has 0 aliphatic rings. The first-order chi connectivity index (χ1) is 12.2. The van der Waals surface area contributed by atoms with Gasteiger partial charge in [0.25, 0.3) is 10.0 Å². The molecule has 0 radical (unpaired) electrons. The SMILES string of the molecule is CCCC(=O)c1ccc(NS(=O)(=O)c2c(C)cc(OC)c(C)c2C)cc1. The lowest BCUT2D eigenvalue weighted by Gasteiger charge is -2.17. The predicted molar refractivity (Wildman–Crippen MR) is 104 cm³/mol. The molecule has 140 valence electrons. The number of rotatable bonds is 7. The first-order valence-corrected chi connectivity index (χ1v) is 10.0.